The number of phenolic OH excluding ortho intramolecular Hbond substituents is 1. The van der Waals surface area contributed by atoms with Crippen LogP contribution in [0.5, 0.6) is 17.2 Å². The maximum absolute atomic E-state index is 12.3. The van der Waals surface area contributed by atoms with Crippen molar-refractivity contribution in [1.82, 2.24) is 10.9 Å². The van der Waals surface area contributed by atoms with Gasteiger partial charge in [0.25, 0.3) is 11.8 Å². The van der Waals surface area contributed by atoms with Crippen molar-refractivity contribution in [2.24, 2.45) is 0 Å². The molecule has 1 aliphatic rings. The number of ether oxygens (including phenoxy) is 2. The molecule has 3 N–H and O–H groups in total. The van der Waals surface area contributed by atoms with Crippen LogP contribution in [0.3, 0.4) is 0 Å². The number of benzene rings is 3. The van der Waals surface area contributed by atoms with Gasteiger partial charge in [-0.3, -0.25) is 20.4 Å². The fraction of sp³-hybridized carbons (Fsp3) is 0.100. The Morgan fingerprint density at radius 3 is 2.37 bits per heavy atom. The lowest BCUT2D eigenvalue weighted by Crippen LogP contribution is -2.50. The standard InChI is InChI=1S/C20H16N2O5/c23-15-10-13-6-2-1-5-12(13)9-14(15)19(24)21-22-20(25)18-11-26-16-7-3-4-8-17(16)27-18/h1-10,18,23H,11H2,(H,21,24)(H,22,25). The molecule has 3 aromatic rings. The highest BCUT2D eigenvalue weighted by Crippen LogP contribution is 2.30. The van der Waals surface area contributed by atoms with E-state index in [1.54, 1.807) is 30.3 Å². The van der Waals surface area contributed by atoms with E-state index in [4.69, 9.17) is 9.47 Å². The monoisotopic (exact) mass is 364 g/mol. The van der Waals surface area contributed by atoms with E-state index >= 15 is 0 Å². The number of carbonyl (C=O) groups is 2. The number of hydrazine groups is 1. The molecule has 136 valence electrons. The molecule has 0 radical (unpaired) electrons. The Hall–Kier alpha value is -3.74. The molecule has 7 nitrogen and oxygen atoms in total. The molecule has 1 heterocycles. The van der Waals surface area contributed by atoms with Gasteiger partial charge in [0.15, 0.2) is 11.5 Å². The summed E-state index contributed by atoms with van der Waals surface area (Å²) >= 11 is 0. The van der Waals surface area contributed by atoms with Gasteiger partial charge < -0.3 is 14.6 Å². The number of amides is 2. The molecule has 7 heteroatoms. The van der Waals surface area contributed by atoms with Crippen molar-refractivity contribution >= 4 is 22.6 Å². The van der Waals surface area contributed by atoms with Gasteiger partial charge in [-0.15, -0.1) is 0 Å². The third kappa shape index (κ3) is 3.35. The third-order valence-electron chi connectivity index (χ3n) is 4.21. The Morgan fingerprint density at radius 2 is 1.59 bits per heavy atom. The predicted octanol–water partition coefficient (Wildman–Crippen LogP) is 2.15. The summed E-state index contributed by atoms with van der Waals surface area (Å²) < 4.78 is 11.1. The molecule has 0 spiro atoms. The largest absolute Gasteiger partial charge is 0.507 e. The van der Waals surface area contributed by atoms with E-state index in [0.717, 1.165) is 10.8 Å². The number of hydrogen-bond donors (Lipinski definition) is 3. The highest BCUT2D eigenvalue weighted by Gasteiger charge is 2.27. The highest BCUT2D eigenvalue weighted by molar-refractivity contribution is 6.02. The minimum atomic E-state index is -0.898. The van der Waals surface area contributed by atoms with Crippen LogP contribution < -0.4 is 20.3 Å². The lowest BCUT2D eigenvalue weighted by atomic mass is 10.1. The molecule has 1 aliphatic heterocycles. The lowest BCUT2D eigenvalue weighted by Gasteiger charge is -2.25. The zero-order chi connectivity index (χ0) is 18.8. The van der Waals surface area contributed by atoms with E-state index < -0.39 is 17.9 Å². The van der Waals surface area contributed by atoms with E-state index in [2.05, 4.69) is 10.9 Å². The molecule has 0 bridgehead atoms. The van der Waals surface area contributed by atoms with Crippen molar-refractivity contribution in [1.29, 1.82) is 0 Å². The van der Waals surface area contributed by atoms with Gasteiger partial charge in [0.05, 0.1) is 5.56 Å². The van der Waals surface area contributed by atoms with Crippen LogP contribution in [-0.4, -0.2) is 29.6 Å². The zero-order valence-corrected chi connectivity index (χ0v) is 14.1. The van der Waals surface area contributed by atoms with Crippen LogP contribution in [0.2, 0.25) is 0 Å². The molecule has 2 amide bonds. The number of para-hydroxylation sites is 2. The topological polar surface area (TPSA) is 96.9 Å². The molecule has 0 saturated carbocycles. The maximum Gasteiger partial charge on any atom is 0.283 e. The summed E-state index contributed by atoms with van der Waals surface area (Å²) in [5.74, 6) is -0.345. The summed E-state index contributed by atoms with van der Waals surface area (Å²) in [4.78, 5) is 24.6. The van der Waals surface area contributed by atoms with Crippen molar-refractivity contribution in [3.63, 3.8) is 0 Å². The van der Waals surface area contributed by atoms with Crippen LogP contribution in [-0.2, 0) is 4.79 Å². The van der Waals surface area contributed by atoms with Crippen molar-refractivity contribution in [2.45, 2.75) is 6.10 Å². The molecule has 4 rings (SSSR count). The predicted molar refractivity (Wildman–Crippen MR) is 97.6 cm³/mol. The summed E-state index contributed by atoms with van der Waals surface area (Å²) in [6.07, 6.45) is -0.898. The van der Waals surface area contributed by atoms with Gasteiger partial charge in [0.1, 0.15) is 12.4 Å². The van der Waals surface area contributed by atoms with Crippen LogP contribution >= 0.6 is 0 Å². The first kappa shape index (κ1) is 16.7. The van der Waals surface area contributed by atoms with Crippen LogP contribution in [0.4, 0.5) is 0 Å². The van der Waals surface area contributed by atoms with Crippen molar-refractivity contribution in [2.75, 3.05) is 6.61 Å². The van der Waals surface area contributed by atoms with Crippen molar-refractivity contribution < 1.29 is 24.2 Å². The minimum absolute atomic E-state index is 0.0277. The van der Waals surface area contributed by atoms with Gasteiger partial charge in [-0.1, -0.05) is 36.4 Å². The number of nitrogens with one attached hydrogen (secondary N) is 2. The summed E-state index contributed by atoms with van der Waals surface area (Å²) in [6, 6.07) is 17.4. The number of aromatic hydroxyl groups is 1. The molecule has 27 heavy (non-hydrogen) atoms. The molecule has 1 atom stereocenters. The lowest BCUT2D eigenvalue weighted by molar-refractivity contribution is -0.131. The first-order valence-electron chi connectivity index (χ1n) is 8.32. The minimum Gasteiger partial charge on any atom is -0.507 e. The third-order valence-corrected chi connectivity index (χ3v) is 4.21. The molecular weight excluding hydrogens is 348 g/mol. The summed E-state index contributed by atoms with van der Waals surface area (Å²) in [6.45, 7) is 0.0277. The van der Waals surface area contributed by atoms with Crippen LogP contribution in [0.1, 0.15) is 10.4 Å². The number of carbonyl (C=O) groups excluding carboxylic acids is 2. The Bertz CT molecular complexity index is 1030. The van der Waals surface area contributed by atoms with Crippen molar-refractivity contribution in [3.8, 4) is 17.2 Å². The maximum atomic E-state index is 12.3. The number of phenols is 1. The fourth-order valence-electron chi connectivity index (χ4n) is 2.83. The van der Waals surface area contributed by atoms with Gasteiger partial charge in [0, 0.05) is 0 Å². The summed E-state index contributed by atoms with van der Waals surface area (Å²) in [5.41, 5.74) is 4.65. The number of hydrogen-bond acceptors (Lipinski definition) is 5. The van der Waals surface area contributed by atoms with Crippen molar-refractivity contribution in [3.05, 3.63) is 66.2 Å². The molecule has 0 aromatic heterocycles. The molecule has 3 aromatic carbocycles. The Morgan fingerprint density at radius 1 is 0.926 bits per heavy atom. The van der Waals surface area contributed by atoms with E-state index in [-0.39, 0.29) is 17.9 Å². The highest BCUT2D eigenvalue weighted by atomic mass is 16.6. The second-order valence-electron chi connectivity index (χ2n) is 6.02. The van der Waals surface area contributed by atoms with Crippen LogP contribution in [0.25, 0.3) is 10.8 Å². The second-order valence-corrected chi connectivity index (χ2v) is 6.02. The second kappa shape index (κ2) is 6.87. The van der Waals surface area contributed by atoms with Gasteiger partial charge in [-0.25, -0.2) is 0 Å². The van der Waals surface area contributed by atoms with Gasteiger partial charge in [-0.2, -0.15) is 0 Å². The molecular formula is C20H16N2O5. The summed E-state index contributed by atoms with van der Waals surface area (Å²) in [5, 5.41) is 11.7. The smallest absolute Gasteiger partial charge is 0.283 e. The molecule has 0 saturated heterocycles. The molecule has 1 unspecified atom stereocenters. The Balaban J connectivity index is 1.42. The Labute approximate surface area is 154 Å². The van der Waals surface area contributed by atoms with E-state index in [1.165, 1.54) is 6.07 Å². The normalized spacial score (nSPS) is 15.2. The van der Waals surface area contributed by atoms with Crippen LogP contribution in [0.15, 0.2) is 60.7 Å². The number of fused-ring (bicyclic) bond motifs is 2. The first-order chi connectivity index (χ1) is 13.1. The number of rotatable bonds is 2. The van der Waals surface area contributed by atoms with Crippen LogP contribution in [0, 0.1) is 0 Å². The van der Waals surface area contributed by atoms with E-state index in [9.17, 15) is 14.7 Å². The fourth-order valence-corrected chi connectivity index (χ4v) is 2.83. The van der Waals surface area contributed by atoms with E-state index in [1.807, 2.05) is 24.3 Å². The SMILES string of the molecule is O=C(NNC(=O)C1COc2ccccc2O1)c1cc2ccccc2cc1O. The van der Waals surface area contributed by atoms with E-state index in [0.29, 0.717) is 11.5 Å². The molecule has 0 aliphatic carbocycles. The average Bonchev–Trinajstić information content (AvgIpc) is 2.70. The van der Waals surface area contributed by atoms with Gasteiger partial charge >= 0.3 is 0 Å². The van der Waals surface area contributed by atoms with Gasteiger partial charge in [0.2, 0.25) is 6.10 Å². The molecule has 0 fully saturated rings. The zero-order valence-electron chi connectivity index (χ0n) is 14.1. The quantitative estimate of drug-likeness (QED) is 0.606. The first-order valence-corrected chi connectivity index (χ1v) is 8.32. The van der Waals surface area contributed by atoms with Gasteiger partial charge in [-0.05, 0) is 35.0 Å². The average molecular weight is 364 g/mol. The Kier molecular flexibility index (Phi) is 4.25. The summed E-state index contributed by atoms with van der Waals surface area (Å²) in [7, 11) is 0.